The highest BCUT2D eigenvalue weighted by molar-refractivity contribution is 7.56. The van der Waals surface area contributed by atoms with E-state index < -0.39 is 8.38 Å². The molecule has 22 heavy (non-hydrogen) atoms. The third-order valence-electron chi connectivity index (χ3n) is 3.17. The molecule has 0 N–H and O–H groups in total. The highest BCUT2D eigenvalue weighted by Crippen LogP contribution is 2.40. The molecule has 0 radical (unpaired) electrons. The van der Waals surface area contributed by atoms with Crippen LogP contribution in [0.1, 0.15) is 5.56 Å². The number of hydrogen-bond acceptors (Lipinski definition) is 2. The molecule has 0 aliphatic rings. The average molecular weight is 308 g/mol. The van der Waals surface area contributed by atoms with Gasteiger partial charge in [0.1, 0.15) is 11.5 Å². The lowest BCUT2D eigenvalue weighted by molar-refractivity contribution is 0.499. The summed E-state index contributed by atoms with van der Waals surface area (Å²) in [5, 5.41) is 1.05. The Morgan fingerprint density at radius 2 is 1.23 bits per heavy atom. The van der Waals surface area contributed by atoms with Crippen LogP contribution in [0.4, 0.5) is 0 Å². The maximum atomic E-state index is 6.18. The van der Waals surface area contributed by atoms with Gasteiger partial charge in [0.2, 0.25) is 0 Å². The van der Waals surface area contributed by atoms with Crippen LogP contribution >= 0.6 is 8.38 Å². The minimum Gasteiger partial charge on any atom is -0.435 e. The summed E-state index contributed by atoms with van der Waals surface area (Å²) >= 11 is 0. The van der Waals surface area contributed by atoms with Crippen LogP contribution in [0.5, 0.6) is 11.5 Å². The van der Waals surface area contributed by atoms with Gasteiger partial charge >= 0.3 is 8.38 Å². The number of aryl methyl sites for hydroxylation is 1. The summed E-state index contributed by atoms with van der Waals surface area (Å²) < 4.78 is 12.3. The molecule has 3 rings (SSSR count). The molecule has 0 heterocycles. The molecule has 1 atom stereocenters. The summed E-state index contributed by atoms with van der Waals surface area (Å²) in [6.45, 7) is 2.04. The summed E-state index contributed by atoms with van der Waals surface area (Å²) in [5.41, 5.74) is 1.10. The first kappa shape index (κ1) is 14.6. The highest BCUT2D eigenvalue weighted by atomic mass is 31.2. The zero-order valence-electron chi connectivity index (χ0n) is 12.3. The maximum Gasteiger partial charge on any atom is 0.326 e. The Labute approximate surface area is 132 Å². The summed E-state index contributed by atoms with van der Waals surface area (Å²) in [5.74, 6) is 1.67. The lowest BCUT2D eigenvalue weighted by Crippen LogP contribution is -2.10. The number of benzene rings is 3. The molecule has 0 aliphatic carbocycles. The van der Waals surface area contributed by atoms with Crippen molar-refractivity contribution in [3.63, 3.8) is 0 Å². The maximum absolute atomic E-state index is 6.18. The smallest absolute Gasteiger partial charge is 0.326 e. The van der Waals surface area contributed by atoms with Gasteiger partial charge in [0, 0.05) is 0 Å². The van der Waals surface area contributed by atoms with E-state index in [1.54, 1.807) is 0 Å². The average Bonchev–Trinajstić information content (AvgIpc) is 2.58. The molecule has 0 spiro atoms. The number of para-hydroxylation sites is 2. The van der Waals surface area contributed by atoms with Gasteiger partial charge in [-0.25, -0.2) is 0 Å². The lowest BCUT2D eigenvalue weighted by atomic mass is 10.2. The first-order valence-electron chi connectivity index (χ1n) is 7.15. The van der Waals surface area contributed by atoms with E-state index in [9.17, 15) is 0 Å². The van der Waals surface area contributed by atoms with Gasteiger partial charge in [-0.1, -0.05) is 54.6 Å². The van der Waals surface area contributed by atoms with Crippen LogP contribution in [-0.4, -0.2) is 0 Å². The SMILES string of the molecule is Cc1ccccc1OP(Oc1ccccc1)c1ccccc1. The Morgan fingerprint density at radius 3 is 1.91 bits per heavy atom. The summed E-state index contributed by atoms with van der Waals surface area (Å²) in [4.78, 5) is 0. The zero-order valence-corrected chi connectivity index (χ0v) is 13.2. The van der Waals surface area contributed by atoms with E-state index in [2.05, 4.69) is 0 Å². The van der Waals surface area contributed by atoms with E-state index >= 15 is 0 Å². The van der Waals surface area contributed by atoms with Gasteiger partial charge in [-0.15, -0.1) is 0 Å². The Hall–Kier alpha value is -2.31. The Bertz CT molecular complexity index is 714. The molecule has 0 saturated carbocycles. The third-order valence-corrected chi connectivity index (χ3v) is 4.63. The molecule has 0 saturated heterocycles. The van der Waals surface area contributed by atoms with Gasteiger partial charge in [-0.05, 0) is 42.8 Å². The van der Waals surface area contributed by atoms with Crippen molar-refractivity contribution in [1.82, 2.24) is 0 Å². The van der Waals surface area contributed by atoms with Gasteiger partial charge in [0.05, 0.1) is 5.30 Å². The van der Waals surface area contributed by atoms with Gasteiger partial charge in [0.15, 0.2) is 0 Å². The van der Waals surface area contributed by atoms with Crippen LogP contribution in [0.2, 0.25) is 0 Å². The molecule has 2 nitrogen and oxygen atoms in total. The standard InChI is InChI=1S/C19H17O2P/c1-16-10-8-9-15-19(16)21-22(18-13-6-3-7-14-18)20-17-11-4-2-5-12-17/h2-15H,1H3. The monoisotopic (exact) mass is 308 g/mol. The molecule has 0 amide bonds. The molecule has 110 valence electrons. The van der Waals surface area contributed by atoms with Crippen molar-refractivity contribution in [2.75, 3.05) is 0 Å². The van der Waals surface area contributed by atoms with E-state index in [0.717, 1.165) is 22.4 Å². The third kappa shape index (κ3) is 3.66. The van der Waals surface area contributed by atoms with E-state index in [1.165, 1.54) is 0 Å². The van der Waals surface area contributed by atoms with Gasteiger partial charge in [-0.2, -0.15) is 0 Å². The largest absolute Gasteiger partial charge is 0.435 e. The van der Waals surface area contributed by atoms with Crippen molar-refractivity contribution in [2.24, 2.45) is 0 Å². The Kier molecular flexibility index (Phi) is 4.72. The number of hydrogen-bond donors (Lipinski definition) is 0. The fraction of sp³-hybridized carbons (Fsp3) is 0.0526. The molecule has 3 aromatic carbocycles. The molecule has 0 aromatic heterocycles. The van der Waals surface area contributed by atoms with Crippen LogP contribution in [0.3, 0.4) is 0 Å². The topological polar surface area (TPSA) is 18.5 Å². The van der Waals surface area contributed by atoms with Crippen LogP contribution in [0, 0.1) is 6.92 Å². The molecule has 0 bridgehead atoms. The lowest BCUT2D eigenvalue weighted by Gasteiger charge is -2.19. The van der Waals surface area contributed by atoms with Crippen molar-refractivity contribution in [3.8, 4) is 11.5 Å². The summed E-state index contributed by atoms with van der Waals surface area (Å²) in [7, 11) is -1.22. The molecule has 1 unspecified atom stereocenters. The van der Waals surface area contributed by atoms with E-state index in [0.29, 0.717) is 0 Å². The normalized spacial score (nSPS) is 11.7. The minimum absolute atomic E-state index is 0.811. The zero-order chi connectivity index (χ0) is 15.2. The van der Waals surface area contributed by atoms with Gasteiger partial charge in [0.25, 0.3) is 0 Å². The second kappa shape index (κ2) is 7.11. The Morgan fingerprint density at radius 1 is 0.636 bits per heavy atom. The first-order valence-corrected chi connectivity index (χ1v) is 8.32. The minimum atomic E-state index is -1.22. The number of rotatable bonds is 5. The van der Waals surface area contributed by atoms with Crippen molar-refractivity contribution in [1.29, 1.82) is 0 Å². The predicted octanol–water partition coefficient (Wildman–Crippen LogP) is 5.09. The molecule has 0 aliphatic heterocycles. The molecule has 3 heteroatoms. The van der Waals surface area contributed by atoms with Crippen LogP contribution in [-0.2, 0) is 0 Å². The quantitative estimate of drug-likeness (QED) is 0.611. The molecule has 0 fully saturated rings. The molecule has 3 aromatic rings. The Balaban J connectivity index is 1.88. The van der Waals surface area contributed by atoms with Crippen LogP contribution in [0.15, 0.2) is 84.9 Å². The van der Waals surface area contributed by atoms with Crippen LogP contribution in [0.25, 0.3) is 0 Å². The first-order chi connectivity index (χ1) is 10.8. The van der Waals surface area contributed by atoms with E-state index in [-0.39, 0.29) is 0 Å². The van der Waals surface area contributed by atoms with E-state index in [4.69, 9.17) is 9.05 Å². The van der Waals surface area contributed by atoms with Crippen molar-refractivity contribution < 1.29 is 9.05 Å². The predicted molar refractivity (Wildman–Crippen MR) is 91.9 cm³/mol. The second-order valence-electron chi connectivity index (χ2n) is 4.85. The fourth-order valence-electron chi connectivity index (χ4n) is 2.00. The summed E-state index contributed by atoms with van der Waals surface area (Å²) in [6.07, 6.45) is 0. The van der Waals surface area contributed by atoms with Gasteiger partial charge < -0.3 is 9.05 Å². The van der Waals surface area contributed by atoms with Crippen molar-refractivity contribution >= 4 is 13.7 Å². The van der Waals surface area contributed by atoms with E-state index in [1.807, 2.05) is 91.9 Å². The second-order valence-corrected chi connectivity index (χ2v) is 6.25. The van der Waals surface area contributed by atoms with Crippen LogP contribution < -0.4 is 14.4 Å². The summed E-state index contributed by atoms with van der Waals surface area (Å²) in [6, 6.07) is 27.8. The van der Waals surface area contributed by atoms with Crippen molar-refractivity contribution in [3.05, 3.63) is 90.5 Å². The van der Waals surface area contributed by atoms with Gasteiger partial charge in [-0.3, -0.25) is 0 Å². The molecular formula is C19H17O2P. The van der Waals surface area contributed by atoms with Crippen molar-refractivity contribution in [2.45, 2.75) is 6.92 Å². The molecular weight excluding hydrogens is 291 g/mol. The highest BCUT2D eigenvalue weighted by Gasteiger charge is 2.18. The fourth-order valence-corrected chi connectivity index (χ4v) is 3.36.